The third-order valence-electron chi connectivity index (χ3n) is 7.04. The van der Waals surface area contributed by atoms with Crippen LogP contribution in [0.25, 0.3) is 5.57 Å². The summed E-state index contributed by atoms with van der Waals surface area (Å²) in [6.45, 7) is 5.59. The monoisotopic (exact) mass is 552 g/mol. The number of carbonyl (C=O) groups is 1. The molecule has 0 amide bonds. The Morgan fingerprint density at radius 2 is 1.48 bits per heavy atom. The molecule has 1 unspecified atom stereocenters. The van der Waals surface area contributed by atoms with Gasteiger partial charge in [-0.2, -0.15) is 13.2 Å². The molecule has 3 aromatic rings. The van der Waals surface area contributed by atoms with Crippen LogP contribution in [0.1, 0.15) is 104 Å². The standard InChI is InChI=1S/C26H35N.C7H4F3NO2/c1-3-4-5-6-7-8-9-14-19-27-26-18-13-12-17-24(26)25-20-21(2)22-15-10-11-16-23(22)25;8-7(9,10)5-3-1-2-4(11-5)6(12)13/h10-13,15-18,20,25,27H,3-9,14,19H2,1-2H3;1-3H,(H,12,13). The zero-order valence-electron chi connectivity index (χ0n) is 23.3. The number of aromatic carboxylic acids is 1. The van der Waals surface area contributed by atoms with Gasteiger partial charge in [-0.05, 0) is 53.8 Å². The van der Waals surface area contributed by atoms with Gasteiger partial charge < -0.3 is 10.4 Å². The zero-order valence-corrected chi connectivity index (χ0v) is 23.3. The number of nitrogens with one attached hydrogen (secondary N) is 1. The van der Waals surface area contributed by atoms with Crippen LogP contribution in [-0.2, 0) is 6.18 Å². The van der Waals surface area contributed by atoms with Gasteiger partial charge in [0.15, 0.2) is 0 Å². The number of fused-ring (bicyclic) bond motifs is 1. The van der Waals surface area contributed by atoms with Gasteiger partial charge >= 0.3 is 12.1 Å². The highest BCUT2D eigenvalue weighted by Crippen LogP contribution is 2.41. The predicted molar refractivity (Wildman–Crippen MR) is 156 cm³/mol. The van der Waals surface area contributed by atoms with E-state index in [1.165, 1.54) is 79.3 Å². The van der Waals surface area contributed by atoms with Crippen molar-refractivity contribution in [3.05, 3.63) is 101 Å². The van der Waals surface area contributed by atoms with Gasteiger partial charge in [0.25, 0.3) is 0 Å². The van der Waals surface area contributed by atoms with Crippen molar-refractivity contribution >= 4 is 17.2 Å². The van der Waals surface area contributed by atoms with Crippen LogP contribution >= 0.6 is 0 Å². The number of unbranched alkanes of at least 4 members (excludes halogenated alkanes) is 7. The van der Waals surface area contributed by atoms with Crippen LogP contribution in [0.5, 0.6) is 0 Å². The van der Waals surface area contributed by atoms with Gasteiger partial charge in [-0.15, -0.1) is 0 Å². The molecule has 214 valence electrons. The Hall–Kier alpha value is -3.61. The van der Waals surface area contributed by atoms with E-state index in [1.54, 1.807) is 0 Å². The van der Waals surface area contributed by atoms with E-state index >= 15 is 0 Å². The quantitative estimate of drug-likeness (QED) is 0.220. The summed E-state index contributed by atoms with van der Waals surface area (Å²) in [4.78, 5) is 13.2. The highest BCUT2D eigenvalue weighted by molar-refractivity contribution is 5.85. The molecule has 1 aliphatic carbocycles. The Morgan fingerprint density at radius 1 is 0.850 bits per heavy atom. The van der Waals surface area contributed by atoms with E-state index in [4.69, 9.17) is 5.11 Å². The Labute approximate surface area is 235 Å². The molecule has 0 saturated carbocycles. The van der Waals surface area contributed by atoms with Crippen LogP contribution < -0.4 is 5.32 Å². The number of carboxylic acid groups (broad SMARTS) is 1. The van der Waals surface area contributed by atoms with Gasteiger partial charge in [0.2, 0.25) is 0 Å². The summed E-state index contributed by atoms with van der Waals surface area (Å²) in [6.07, 6.45) is 8.76. The van der Waals surface area contributed by atoms with E-state index in [2.05, 4.69) is 78.8 Å². The smallest absolute Gasteiger partial charge is 0.433 e. The SMILES string of the molecule is CCCCCCCCCCNc1ccccc1C1C=C(C)c2ccccc21.O=C(O)c1cccc(C(F)(F)F)n1. The van der Waals surface area contributed by atoms with E-state index in [-0.39, 0.29) is 0 Å². The lowest BCUT2D eigenvalue weighted by Crippen LogP contribution is -2.11. The van der Waals surface area contributed by atoms with Gasteiger partial charge in [0, 0.05) is 18.2 Å². The van der Waals surface area contributed by atoms with Crippen molar-refractivity contribution in [3.8, 4) is 0 Å². The number of aromatic nitrogens is 1. The molecule has 2 N–H and O–H groups in total. The fourth-order valence-corrected chi connectivity index (χ4v) is 4.94. The zero-order chi connectivity index (χ0) is 29.0. The number of halogens is 3. The molecule has 0 spiro atoms. The number of allylic oxidation sites excluding steroid dienone is 2. The van der Waals surface area contributed by atoms with E-state index in [0.717, 1.165) is 18.7 Å². The summed E-state index contributed by atoms with van der Waals surface area (Å²) >= 11 is 0. The summed E-state index contributed by atoms with van der Waals surface area (Å²) in [5.74, 6) is -1.10. The van der Waals surface area contributed by atoms with Crippen molar-refractivity contribution in [2.75, 3.05) is 11.9 Å². The Bertz CT molecular complexity index is 1270. The number of pyridine rings is 1. The lowest BCUT2D eigenvalue weighted by atomic mass is 9.92. The van der Waals surface area contributed by atoms with Gasteiger partial charge in [0.1, 0.15) is 11.4 Å². The van der Waals surface area contributed by atoms with Crippen LogP contribution in [-0.4, -0.2) is 22.6 Å². The number of carboxylic acids is 1. The molecule has 0 radical (unpaired) electrons. The minimum atomic E-state index is -4.61. The second kappa shape index (κ2) is 15.2. The average molecular weight is 553 g/mol. The number of rotatable bonds is 12. The maximum atomic E-state index is 12.0. The molecule has 40 heavy (non-hydrogen) atoms. The third kappa shape index (κ3) is 8.97. The molecule has 0 saturated heterocycles. The number of nitrogens with zero attached hydrogens (tertiary/aromatic N) is 1. The predicted octanol–water partition coefficient (Wildman–Crippen LogP) is 9.59. The largest absolute Gasteiger partial charge is 0.477 e. The lowest BCUT2D eigenvalue weighted by Gasteiger charge is -2.17. The average Bonchev–Trinajstić information content (AvgIpc) is 3.28. The molecule has 4 nitrogen and oxygen atoms in total. The molecule has 4 rings (SSSR count). The number of para-hydroxylation sites is 1. The summed E-state index contributed by atoms with van der Waals surface area (Å²) in [5.41, 5.74) is 5.12. The van der Waals surface area contributed by atoms with Crippen LogP contribution in [0.2, 0.25) is 0 Å². The maximum absolute atomic E-state index is 12.0. The second-order valence-electron chi connectivity index (χ2n) is 10.1. The van der Waals surface area contributed by atoms with Crippen molar-refractivity contribution in [2.24, 2.45) is 0 Å². The maximum Gasteiger partial charge on any atom is 0.433 e. The molecule has 1 aliphatic rings. The van der Waals surface area contributed by atoms with Crippen molar-refractivity contribution in [1.82, 2.24) is 4.98 Å². The summed E-state index contributed by atoms with van der Waals surface area (Å²) in [7, 11) is 0. The molecular formula is C33H39F3N2O2. The van der Waals surface area contributed by atoms with Crippen molar-refractivity contribution in [3.63, 3.8) is 0 Å². The Balaban J connectivity index is 0.000000285. The minimum Gasteiger partial charge on any atom is -0.477 e. The molecule has 7 heteroatoms. The van der Waals surface area contributed by atoms with Crippen LogP contribution in [0.4, 0.5) is 18.9 Å². The highest BCUT2D eigenvalue weighted by Gasteiger charge is 2.32. The molecule has 1 aromatic heterocycles. The molecule has 1 atom stereocenters. The van der Waals surface area contributed by atoms with Gasteiger partial charge in [-0.1, -0.05) is 106 Å². The first kappa shape index (κ1) is 30.9. The summed E-state index contributed by atoms with van der Waals surface area (Å²) in [5, 5.41) is 12.1. The minimum absolute atomic E-state index is 0.378. The number of benzene rings is 2. The highest BCUT2D eigenvalue weighted by atomic mass is 19.4. The molecule has 0 aliphatic heterocycles. The fourth-order valence-electron chi connectivity index (χ4n) is 4.94. The Kier molecular flexibility index (Phi) is 11.8. The van der Waals surface area contributed by atoms with Crippen LogP contribution in [0.3, 0.4) is 0 Å². The second-order valence-corrected chi connectivity index (χ2v) is 10.1. The van der Waals surface area contributed by atoms with Crippen LogP contribution in [0, 0.1) is 0 Å². The fraction of sp³-hybridized carbons (Fsp3) is 0.394. The van der Waals surface area contributed by atoms with Crippen molar-refractivity contribution < 1.29 is 23.1 Å². The van der Waals surface area contributed by atoms with Crippen LogP contribution in [0.15, 0.2) is 72.8 Å². The summed E-state index contributed by atoms with van der Waals surface area (Å²) < 4.78 is 35.9. The van der Waals surface area contributed by atoms with Crippen molar-refractivity contribution in [2.45, 2.75) is 77.3 Å². The van der Waals surface area contributed by atoms with E-state index in [0.29, 0.717) is 12.0 Å². The molecule has 0 bridgehead atoms. The molecular weight excluding hydrogens is 513 g/mol. The normalized spacial score (nSPS) is 14.1. The van der Waals surface area contributed by atoms with Crippen molar-refractivity contribution in [1.29, 1.82) is 0 Å². The van der Waals surface area contributed by atoms with Gasteiger partial charge in [-0.3, -0.25) is 0 Å². The first-order valence-corrected chi connectivity index (χ1v) is 14.1. The number of hydrogen-bond donors (Lipinski definition) is 2. The first-order chi connectivity index (χ1) is 19.2. The number of anilines is 1. The molecule has 2 aromatic carbocycles. The van der Waals surface area contributed by atoms with Gasteiger partial charge in [0.05, 0.1) is 0 Å². The number of alkyl halides is 3. The van der Waals surface area contributed by atoms with Gasteiger partial charge in [-0.25, -0.2) is 9.78 Å². The third-order valence-corrected chi connectivity index (χ3v) is 7.04. The lowest BCUT2D eigenvalue weighted by molar-refractivity contribution is -0.141. The summed E-state index contributed by atoms with van der Waals surface area (Å²) in [6, 6.07) is 20.4. The Morgan fingerprint density at radius 3 is 2.15 bits per heavy atom. The van der Waals surface area contributed by atoms with E-state index in [9.17, 15) is 18.0 Å². The topological polar surface area (TPSA) is 62.2 Å². The molecule has 0 fully saturated rings. The number of hydrogen-bond acceptors (Lipinski definition) is 3. The first-order valence-electron chi connectivity index (χ1n) is 14.1. The van der Waals surface area contributed by atoms with E-state index < -0.39 is 23.5 Å². The molecule has 1 heterocycles. The van der Waals surface area contributed by atoms with E-state index in [1.807, 2.05) is 0 Å².